The molecule has 3 rings (SSSR count). The van der Waals surface area contributed by atoms with Crippen molar-refractivity contribution in [1.82, 2.24) is 5.32 Å². The highest BCUT2D eigenvalue weighted by Gasteiger charge is 2.25. The molecule has 2 aromatic rings. The van der Waals surface area contributed by atoms with Gasteiger partial charge in [0.1, 0.15) is 5.75 Å². The number of hydrogen-bond acceptors (Lipinski definition) is 3. The molecule has 1 aromatic heterocycles. The van der Waals surface area contributed by atoms with Crippen LogP contribution in [0.2, 0.25) is 0 Å². The topological polar surface area (TPSA) is 49.3 Å². The number of phenolic OH excluding ortho intramolecular Hbond substituents is 1. The fraction of sp³-hybridized carbons (Fsp3) is 0.188. The van der Waals surface area contributed by atoms with Gasteiger partial charge in [-0.15, -0.1) is 0 Å². The van der Waals surface area contributed by atoms with E-state index in [1.165, 1.54) is 0 Å². The lowest BCUT2D eigenvalue weighted by Crippen LogP contribution is -2.25. The van der Waals surface area contributed by atoms with Crippen molar-refractivity contribution < 1.29 is 9.90 Å². The second-order valence-corrected chi connectivity index (χ2v) is 5.61. The first-order valence-electron chi connectivity index (χ1n) is 6.55. The zero-order chi connectivity index (χ0) is 13.9. The molecule has 0 bridgehead atoms. The third kappa shape index (κ3) is 2.60. The number of hydrogen-bond donors (Lipinski definition) is 2. The number of rotatable bonds is 3. The van der Waals surface area contributed by atoms with Gasteiger partial charge in [-0.2, -0.15) is 11.3 Å². The minimum Gasteiger partial charge on any atom is -0.508 e. The van der Waals surface area contributed by atoms with Crippen LogP contribution in [-0.4, -0.2) is 11.0 Å². The molecule has 0 aliphatic heterocycles. The molecular formula is C16H15NO2S. The summed E-state index contributed by atoms with van der Waals surface area (Å²) in [7, 11) is 0. The van der Waals surface area contributed by atoms with Crippen LogP contribution in [-0.2, 0) is 11.2 Å². The number of carbonyl (C=O) groups excluding carboxylic acids is 1. The molecule has 1 aliphatic rings. The molecule has 0 fully saturated rings. The van der Waals surface area contributed by atoms with Crippen LogP contribution in [0.4, 0.5) is 0 Å². The van der Waals surface area contributed by atoms with Gasteiger partial charge in [-0.3, -0.25) is 4.79 Å². The standard InChI is InChI=1S/C16H15NO2S/c18-15-3-1-2-12-13(15)5-6-14(12)17-16(19)7-4-11-8-9-20-10-11/h1-4,7-10,14,18H,5-6H2,(H,17,19)/b7-4+/t14-/m0/s1. The normalized spacial score (nSPS) is 17.3. The molecule has 1 aliphatic carbocycles. The van der Waals surface area contributed by atoms with E-state index in [0.29, 0.717) is 5.75 Å². The van der Waals surface area contributed by atoms with Crippen molar-refractivity contribution in [3.8, 4) is 5.75 Å². The fourth-order valence-electron chi connectivity index (χ4n) is 2.55. The lowest BCUT2D eigenvalue weighted by Gasteiger charge is -2.12. The summed E-state index contributed by atoms with van der Waals surface area (Å²) in [5.74, 6) is 0.227. The van der Waals surface area contributed by atoms with Crippen LogP contribution in [0.1, 0.15) is 29.2 Å². The van der Waals surface area contributed by atoms with Gasteiger partial charge in [0.25, 0.3) is 0 Å². The van der Waals surface area contributed by atoms with Crippen LogP contribution in [0.3, 0.4) is 0 Å². The van der Waals surface area contributed by atoms with Crippen LogP contribution >= 0.6 is 11.3 Å². The molecule has 0 radical (unpaired) electrons. The summed E-state index contributed by atoms with van der Waals surface area (Å²) >= 11 is 1.61. The summed E-state index contributed by atoms with van der Waals surface area (Å²) in [6.07, 6.45) is 5.01. The van der Waals surface area contributed by atoms with Gasteiger partial charge in [0.2, 0.25) is 5.91 Å². The molecule has 102 valence electrons. The Kier molecular flexibility index (Phi) is 3.56. The van der Waals surface area contributed by atoms with Gasteiger partial charge in [0.15, 0.2) is 0 Å². The Bertz CT molecular complexity index is 647. The molecule has 0 spiro atoms. The van der Waals surface area contributed by atoms with Gasteiger partial charge in [0, 0.05) is 6.08 Å². The predicted octanol–water partition coefficient (Wildman–Crippen LogP) is 3.27. The molecule has 0 unspecified atom stereocenters. The minimum absolute atomic E-state index is 0.00303. The van der Waals surface area contributed by atoms with E-state index in [0.717, 1.165) is 29.5 Å². The van der Waals surface area contributed by atoms with Gasteiger partial charge in [-0.05, 0) is 58.5 Å². The summed E-state index contributed by atoms with van der Waals surface area (Å²) in [6, 6.07) is 7.45. The number of benzene rings is 1. The first-order valence-corrected chi connectivity index (χ1v) is 7.50. The summed E-state index contributed by atoms with van der Waals surface area (Å²) < 4.78 is 0. The van der Waals surface area contributed by atoms with Crippen molar-refractivity contribution in [3.63, 3.8) is 0 Å². The summed E-state index contributed by atoms with van der Waals surface area (Å²) in [6.45, 7) is 0. The van der Waals surface area contributed by atoms with E-state index in [2.05, 4.69) is 5.32 Å². The Hall–Kier alpha value is -2.07. The number of phenols is 1. The maximum atomic E-state index is 11.9. The Labute approximate surface area is 121 Å². The molecule has 0 saturated carbocycles. The molecule has 0 saturated heterocycles. The van der Waals surface area contributed by atoms with E-state index >= 15 is 0 Å². The highest BCUT2D eigenvalue weighted by atomic mass is 32.1. The highest BCUT2D eigenvalue weighted by molar-refractivity contribution is 7.08. The second-order valence-electron chi connectivity index (χ2n) is 4.83. The van der Waals surface area contributed by atoms with Crippen LogP contribution in [0.25, 0.3) is 6.08 Å². The molecule has 1 aromatic carbocycles. The van der Waals surface area contributed by atoms with Crippen molar-refractivity contribution in [2.24, 2.45) is 0 Å². The zero-order valence-corrected chi connectivity index (χ0v) is 11.7. The number of nitrogens with one attached hydrogen (secondary N) is 1. The largest absolute Gasteiger partial charge is 0.508 e. The summed E-state index contributed by atoms with van der Waals surface area (Å²) in [5, 5.41) is 16.7. The Morgan fingerprint density at radius 1 is 1.40 bits per heavy atom. The lowest BCUT2D eigenvalue weighted by molar-refractivity contribution is -0.117. The summed E-state index contributed by atoms with van der Waals surface area (Å²) in [5.41, 5.74) is 3.02. The SMILES string of the molecule is O=C(/C=C/c1ccsc1)N[C@H]1CCc2c(O)cccc21. The maximum Gasteiger partial charge on any atom is 0.244 e. The highest BCUT2D eigenvalue weighted by Crippen LogP contribution is 2.36. The molecule has 2 N–H and O–H groups in total. The minimum atomic E-state index is -0.0996. The van der Waals surface area contributed by atoms with E-state index in [1.54, 1.807) is 23.5 Å². The van der Waals surface area contributed by atoms with Crippen molar-refractivity contribution in [1.29, 1.82) is 0 Å². The first kappa shape index (κ1) is 12.9. The lowest BCUT2D eigenvalue weighted by atomic mass is 10.1. The van der Waals surface area contributed by atoms with Gasteiger partial charge in [-0.1, -0.05) is 12.1 Å². The third-order valence-corrected chi connectivity index (χ3v) is 4.23. The van der Waals surface area contributed by atoms with Crippen LogP contribution in [0.5, 0.6) is 5.75 Å². The quantitative estimate of drug-likeness (QED) is 0.850. The van der Waals surface area contributed by atoms with Crippen LogP contribution in [0, 0.1) is 0 Å². The van der Waals surface area contributed by atoms with Crippen molar-refractivity contribution in [3.05, 3.63) is 57.8 Å². The van der Waals surface area contributed by atoms with E-state index < -0.39 is 0 Å². The van der Waals surface area contributed by atoms with Crippen LogP contribution in [0.15, 0.2) is 41.1 Å². The van der Waals surface area contributed by atoms with E-state index in [9.17, 15) is 9.90 Å². The predicted molar refractivity (Wildman–Crippen MR) is 80.7 cm³/mol. The Morgan fingerprint density at radius 3 is 3.10 bits per heavy atom. The molecule has 1 amide bonds. The van der Waals surface area contributed by atoms with Crippen molar-refractivity contribution in [2.75, 3.05) is 0 Å². The van der Waals surface area contributed by atoms with E-state index in [1.807, 2.05) is 35.0 Å². The third-order valence-electron chi connectivity index (χ3n) is 3.53. The van der Waals surface area contributed by atoms with Gasteiger partial charge in [-0.25, -0.2) is 0 Å². The first-order chi connectivity index (χ1) is 9.74. The number of aromatic hydroxyl groups is 1. The van der Waals surface area contributed by atoms with Gasteiger partial charge in [0.05, 0.1) is 6.04 Å². The Balaban J connectivity index is 1.68. The summed E-state index contributed by atoms with van der Waals surface area (Å²) in [4.78, 5) is 11.9. The van der Waals surface area contributed by atoms with Crippen LogP contribution < -0.4 is 5.32 Å². The fourth-order valence-corrected chi connectivity index (χ4v) is 3.18. The van der Waals surface area contributed by atoms with Gasteiger partial charge < -0.3 is 10.4 Å². The zero-order valence-electron chi connectivity index (χ0n) is 10.9. The number of carbonyl (C=O) groups is 1. The maximum absolute atomic E-state index is 11.9. The number of fused-ring (bicyclic) bond motifs is 1. The van der Waals surface area contributed by atoms with E-state index in [-0.39, 0.29) is 11.9 Å². The van der Waals surface area contributed by atoms with Gasteiger partial charge >= 0.3 is 0 Å². The Morgan fingerprint density at radius 2 is 2.30 bits per heavy atom. The molecule has 1 heterocycles. The monoisotopic (exact) mass is 285 g/mol. The molecule has 4 heteroatoms. The van der Waals surface area contributed by atoms with Crippen molar-refractivity contribution >= 4 is 23.3 Å². The molecular weight excluding hydrogens is 270 g/mol. The molecule has 1 atom stereocenters. The number of thiophene rings is 1. The average Bonchev–Trinajstić information content (AvgIpc) is 3.07. The smallest absolute Gasteiger partial charge is 0.244 e. The van der Waals surface area contributed by atoms with E-state index in [4.69, 9.17) is 0 Å². The average molecular weight is 285 g/mol. The van der Waals surface area contributed by atoms with Crippen molar-refractivity contribution in [2.45, 2.75) is 18.9 Å². The molecule has 3 nitrogen and oxygen atoms in total. The second kappa shape index (κ2) is 5.51. The number of amides is 1. The molecule has 20 heavy (non-hydrogen) atoms.